The molecule has 2 aromatic heterocycles. The molecule has 2 heterocycles. The van der Waals surface area contributed by atoms with Crippen LogP contribution in [-0.2, 0) is 6.42 Å². The van der Waals surface area contributed by atoms with Crippen molar-refractivity contribution in [2.24, 2.45) is 5.73 Å². The monoisotopic (exact) mass is 234 g/mol. The Morgan fingerprint density at radius 1 is 1.65 bits per heavy atom. The highest BCUT2D eigenvalue weighted by Gasteiger charge is 2.33. The summed E-state index contributed by atoms with van der Waals surface area (Å²) in [7, 11) is 0. The maximum atomic E-state index is 11.0. The van der Waals surface area contributed by atoms with E-state index in [1.807, 2.05) is 0 Å². The summed E-state index contributed by atoms with van der Waals surface area (Å²) in [6, 6.07) is -0.424. The number of nitrogens with two attached hydrogens (primary N) is 1. The number of fused-ring (bicyclic) bond motifs is 3. The Morgan fingerprint density at radius 2 is 2.41 bits per heavy atom. The van der Waals surface area contributed by atoms with Crippen LogP contribution < -0.4 is 5.73 Å². The zero-order valence-corrected chi connectivity index (χ0v) is 9.02. The third-order valence-electron chi connectivity index (χ3n) is 2.82. The van der Waals surface area contributed by atoms with Crippen molar-refractivity contribution in [2.75, 3.05) is 0 Å². The van der Waals surface area contributed by atoms with Gasteiger partial charge in [-0.15, -0.1) is 0 Å². The number of hydrogen-bond acceptors (Lipinski definition) is 5. The van der Waals surface area contributed by atoms with Gasteiger partial charge in [0.25, 0.3) is 0 Å². The van der Waals surface area contributed by atoms with Crippen LogP contribution in [0, 0.1) is 6.92 Å². The molecule has 0 aromatic carbocycles. The van der Waals surface area contributed by atoms with Gasteiger partial charge in [-0.3, -0.25) is 5.10 Å². The first-order valence-corrected chi connectivity index (χ1v) is 5.11. The van der Waals surface area contributed by atoms with Crippen molar-refractivity contribution in [3.05, 3.63) is 22.8 Å². The Hall–Kier alpha value is -2.15. The zero-order valence-electron chi connectivity index (χ0n) is 9.02. The summed E-state index contributed by atoms with van der Waals surface area (Å²) in [4.78, 5) is 15.2. The molecule has 0 fully saturated rings. The minimum Gasteiger partial charge on any atom is -0.476 e. The molecule has 1 aliphatic carbocycles. The fourth-order valence-electron chi connectivity index (χ4n) is 2.16. The van der Waals surface area contributed by atoms with Crippen molar-refractivity contribution in [3.63, 3.8) is 0 Å². The van der Waals surface area contributed by atoms with Gasteiger partial charge in [-0.05, 0) is 0 Å². The standard InChI is InChI=1S/C10H10N4O3/c1-3-12-5-2-4(11)6-7(9(5)17-3)13-14-8(6)10(15)16/h4H,2,11H2,1H3,(H,13,14)(H,15,16). The van der Waals surface area contributed by atoms with Crippen molar-refractivity contribution in [2.45, 2.75) is 19.4 Å². The van der Waals surface area contributed by atoms with Gasteiger partial charge < -0.3 is 15.3 Å². The van der Waals surface area contributed by atoms with E-state index >= 15 is 0 Å². The normalized spacial score (nSPS) is 17.6. The second kappa shape index (κ2) is 3.17. The summed E-state index contributed by atoms with van der Waals surface area (Å²) >= 11 is 0. The number of aromatic carboxylic acids is 1. The molecule has 1 atom stereocenters. The molecule has 17 heavy (non-hydrogen) atoms. The number of aromatic nitrogens is 3. The number of nitrogens with zero attached hydrogens (tertiary/aromatic N) is 2. The molecule has 1 aliphatic rings. The van der Waals surface area contributed by atoms with Gasteiger partial charge in [0.1, 0.15) is 5.69 Å². The van der Waals surface area contributed by atoms with Gasteiger partial charge in [0, 0.05) is 24.9 Å². The maximum absolute atomic E-state index is 11.0. The van der Waals surface area contributed by atoms with Gasteiger partial charge in [0.15, 0.2) is 17.3 Å². The molecule has 7 heteroatoms. The summed E-state index contributed by atoms with van der Waals surface area (Å²) in [5.74, 6) is -0.0293. The van der Waals surface area contributed by atoms with Crippen LogP contribution in [0.1, 0.15) is 33.7 Å². The first-order chi connectivity index (χ1) is 8.08. The van der Waals surface area contributed by atoms with E-state index in [0.29, 0.717) is 29.3 Å². The van der Waals surface area contributed by atoms with E-state index in [4.69, 9.17) is 15.3 Å². The fourth-order valence-corrected chi connectivity index (χ4v) is 2.16. The number of hydrogen-bond donors (Lipinski definition) is 3. The van der Waals surface area contributed by atoms with Crippen LogP contribution >= 0.6 is 0 Å². The fraction of sp³-hybridized carbons (Fsp3) is 0.300. The SMILES string of the molecule is Cc1nc2c(o1)-c1[nH]nc(C(=O)O)c1C(N)C2. The molecule has 0 saturated heterocycles. The molecule has 0 radical (unpaired) electrons. The summed E-state index contributed by atoms with van der Waals surface area (Å²) in [5, 5.41) is 15.4. The van der Waals surface area contributed by atoms with Crippen LogP contribution in [-0.4, -0.2) is 26.3 Å². The highest BCUT2D eigenvalue weighted by atomic mass is 16.4. The van der Waals surface area contributed by atoms with Crippen molar-refractivity contribution < 1.29 is 14.3 Å². The van der Waals surface area contributed by atoms with Crippen molar-refractivity contribution in [1.82, 2.24) is 15.2 Å². The number of nitrogens with one attached hydrogen (secondary N) is 1. The van der Waals surface area contributed by atoms with Crippen LogP contribution in [0.4, 0.5) is 0 Å². The van der Waals surface area contributed by atoms with Gasteiger partial charge >= 0.3 is 5.97 Å². The molecule has 2 aromatic rings. The summed E-state index contributed by atoms with van der Waals surface area (Å²) < 4.78 is 5.44. The van der Waals surface area contributed by atoms with E-state index in [1.54, 1.807) is 6.92 Å². The highest BCUT2D eigenvalue weighted by Crippen LogP contribution is 2.37. The van der Waals surface area contributed by atoms with Crippen LogP contribution in [0.25, 0.3) is 11.5 Å². The molecule has 3 rings (SSSR count). The minimum absolute atomic E-state index is 0.0489. The van der Waals surface area contributed by atoms with Crippen molar-refractivity contribution in [1.29, 1.82) is 0 Å². The number of rotatable bonds is 1. The summed E-state index contributed by atoms with van der Waals surface area (Å²) in [6.07, 6.45) is 0.458. The van der Waals surface area contributed by atoms with E-state index in [0.717, 1.165) is 5.69 Å². The van der Waals surface area contributed by atoms with Gasteiger partial charge in [-0.1, -0.05) is 0 Å². The highest BCUT2D eigenvalue weighted by molar-refractivity contribution is 5.90. The number of H-pyrrole nitrogens is 1. The second-order valence-electron chi connectivity index (χ2n) is 3.99. The quantitative estimate of drug-likeness (QED) is 0.665. The average molecular weight is 234 g/mol. The summed E-state index contributed by atoms with van der Waals surface area (Å²) in [6.45, 7) is 1.73. The molecule has 88 valence electrons. The Balaban J connectivity index is 2.26. The van der Waals surface area contributed by atoms with Crippen LogP contribution in [0.3, 0.4) is 0 Å². The van der Waals surface area contributed by atoms with E-state index in [9.17, 15) is 4.79 Å². The van der Waals surface area contributed by atoms with Crippen molar-refractivity contribution in [3.8, 4) is 11.5 Å². The predicted molar refractivity (Wildman–Crippen MR) is 56.4 cm³/mol. The van der Waals surface area contributed by atoms with Crippen molar-refractivity contribution >= 4 is 5.97 Å². The number of carboxylic acid groups (broad SMARTS) is 1. The molecular formula is C10H10N4O3. The Bertz CT molecular complexity index is 613. The molecular weight excluding hydrogens is 224 g/mol. The number of oxazole rings is 1. The molecule has 0 bridgehead atoms. The smallest absolute Gasteiger partial charge is 0.356 e. The van der Waals surface area contributed by atoms with Gasteiger partial charge in [-0.2, -0.15) is 5.10 Å². The lowest BCUT2D eigenvalue weighted by atomic mass is 9.93. The molecule has 0 spiro atoms. The van der Waals surface area contributed by atoms with Crippen LogP contribution in [0.15, 0.2) is 4.42 Å². The third kappa shape index (κ3) is 1.29. The number of aryl methyl sites for hydroxylation is 1. The molecule has 4 N–H and O–H groups in total. The molecule has 1 unspecified atom stereocenters. The first-order valence-electron chi connectivity index (χ1n) is 5.11. The Morgan fingerprint density at radius 3 is 3.12 bits per heavy atom. The lowest BCUT2D eigenvalue weighted by Crippen LogP contribution is -2.20. The molecule has 0 saturated carbocycles. The summed E-state index contributed by atoms with van der Waals surface area (Å²) in [5.41, 5.74) is 7.65. The topological polar surface area (TPSA) is 118 Å². The van der Waals surface area contributed by atoms with E-state index in [-0.39, 0.29) is 5.69 Å². The molecule has 0 aliphatic heterocycles. The number of carboxylic acids is 1. The van der Waals surface area contributed by atoms with Gasteiger partial charge in [-0.25, -0.2) is 9.78 Å². The lowest BCUT2D eigenvalue weighted by molar-refractivity contribution is 0.0688. The Kier molecular flexibility index (Phi) is 1.87. The van der Waals surface area contributed by atoms with E-state index in [1.165, 1.54) is 0 Å². The maximum Gasteiger partial charge on any atom is 0.356 e. The lowest BCUT2D eigenvalue weighted by Gasteiger charge is -2.16. The third-order valence-corrected chi connectivity index (χ3v) is 2.82. The second-order valence-corrected chi connectivity index (χ2v) is 3.99. The molecule has 7 nitrogen and oxygen atoms in total. The first kappa shape index (κ1) is 10.0. The van der Waals surface area contributed by atoms with Crippen LogP contribution in [0.5, 0.6) is 0 Å². The molecule has 0 amide bonds. The van der Waals surface area contributed by atoms with E-state index in [2.05, 4.69) is 15.2 Å². The van der Waals surface area contributed by atoms with Gasteiger partial charge in [0.2, 0.25) is 0 Å². The largest absolute Gasteiger partial charge is 0.476 e. The minimum atomic E-state index is -1.10. The zero-order chi connectivity index (χ0) is 12.2. The van der Waals surface area contributed by atoms with E-state index < -0.39 is 12.0 Å². The number of aromatic amines is 1. The Labute approximate surface area is 95.6 Å². The average Bonchev–Trinajstić information content (AvgIpc) is 2.80. The predicted octanol–water partition coefficient (Wildman–Crippen LogP) is 0.627. The number of carbonyl (C=O) groups is 1. The van der Waals surface area contributed by atoms with Crippen LogP contribution in [0.2, 0.25) is 0 Å². The van der Waals surface area contributed by atoms with Gasteiger partial charge in [0.05, 0.1) is 5.69 Å².